The minimum atomic E-state index is -0.286. The average molecular weight is 351 g/mol. The number of halogens is 1. The second kappa shape index (κ2) is 6.86. The van der Waals surface area contributed by atoms with Crippen LogP contribution >= 0.6 is 0 Å². The normalized spacial score (nSPS) is 17.5. The summed E-state index contributed by atoms with van der Waals surface area (Å²) in [6, 6.07) is 6.71. The van der Waals surface area contributed by atoms with Crippen LogP contribution in [0.3, 0.4) is 0 Å². The van der Waals surface area contributed by atoms with Gasteiger partial charge in [-0.05, 0) is 24.8 Å². The highest BCUT2D eigenvalue weighted by Gasteiger charge is 2.22. The molecule has 1 saturated heterocycles. The summed E-state index contributed by atoms with van der Waals surface area (Å²) < 4.78 is 16.3. The average Bonchev–Trinajstić information content (AvgIpc) is 3.08. The number of anilines is 1. The van der Waals surface area contributed by atoms with Crippen molar-refractivity contribution in [1.29, 1.82) is 0 Å². The molecule has 1 atom stereocenters. The van der Waals surface area contributed by atoms with Gasteiger partial charge in [-0.25, -0.2) is 19.3 Å². The van der Waals surface area contributed by atoms with Gasteiger partial charge in [0, 0.05) is 49.9 Å². The maximum Gasteiger partial charge on any atom is 0.226 e. The van der Waals surface area contributed by atoms with E-state index in [9.17, 15) is 4.39 Å². The summed E-state index contributed by atoms with van der Waals surface area (Å²) in [7, 11) is 1.91. The van der Waals surface area contributed by atoms with Gasteiger partial charge in [0.2, 0.25) is 5.95 Å². The largest absolute Gasteiger partial charge is 0.341 e. The van der Waals surface area contributed by atoms with Crippen LogP contribution in [0.4, 0.5) is 10.3 Å². The topological polar surface area (TPSA) is 46.8 Å². The van der Waals surface area contributed by atoms with Crippen molar-refractivity contribution in [2.75, 3.05) is 18.0 Å². The van der Waals surface area contributed by atoms with Crippen molar-refractivity contribution in [2.24, 2.45) is 13.0 Å². The Hall–Kier alpha value is -2.76. The van der Waals surface area contributed by atoms with Crippen molar-refractivity contribution in [3.63, 3.8) is 0 Å². The Morgan fingerprint density at radius 3 is 2.73 bits per heavy atom. The summed E-state index contributed by atoms with van der Waals surface area (Å²) in [4.78, 5) is 16.0. The molecule has 0 radical (unpaired) electrons. The Balaban J connectivity index is 1.85. The maximum absolute atomic E-state index is 14.4. The van der Waals surface area contributed by atoms with Crippen LogP contribution in [-0.4, -0.2) is 32.6 Å². The van der Waals surface area contributed by atoms with Crippen LogP contribution in [0.15, 0.2) is 42.9 Å². The molecule has 0 saturated carbocycles. The van der Waals surface area contributed by atoms with Crippen LogP contribution in [0.1, 0.15) is 19.8 Å². The van der Waals surface area contributed by atoms with Crippen molar-refractivity contribution in [3.05, 3.63) is 48.7 Å². The van der Waals surface area contributed by atoms with E-state index in [0.29, 0.717) is 34.5 Å². The first-order valence-electron chi connectivity index (χ1n) is 8.98. The van der Waals surface area contributed by atoms with Crippen LogP contribution < -0.4 is 4.90 Å². The Kier molecular flexibility index (Phi) is 4.41. The first-order chi connectivity index (χ1) is 12.6. The van der Waals surface area contributed by atoms with Crippen LogP contribution in [0.5, 0.6) is 0 Å². The van der Waals surface area contributed by atoms with E-state index in [1.165, 1.54) is 12.5 Å². The predicted molar refractivity (Wildman–Crippen MR) is 100 cm³/mol. The van der Waals surface area contributed by atoms with E-state index in [1.54, 1.807) is 24.5 Å². The fraction of sp³-hybridized carbons (Fsp3) is 0.350. The second-order valence-electron chi connectivity index (χ2n) is 6.97. The smallest absolute Gasteiger partial charge is 0.226 e. The van der Waals surface area contributed by atoms with Crippen LogP contribution in [0.25, 0.3) is 22.6 Å². The molecule has 3 aromatic rings. The first-order valence-corrected chi connectivity index (χ1v) is 8.98. The molecule has 0 spiro atoms. The van der Waals surface area contributed by atoms with Crippen molar-refractivity contribution in [2.45, 2.75) is 19.8 Å². The lowest BCUT2D eigenvalue weighted by atomic mass is 10.0. The Morgan fingerprint density at radius 2 is 2.00 bits per heavy atom. The summed E-state index contributed by atoms with van der Waals surface area (Å²) >= 11 is 0. The molecule has 26 heavy (non-hydrogen) atoms. The Morgan fingerprint density at radius 1 is 1.15 bits per heavy atom. The van der Waals surface area contributed by atoms with Gasteiger partial charge in [-0.2, -0.15) is 0 Å². The third-order valence-corrected chi connectivity index (χ3v) is 4.91. The van der Waals surface area contributed by atoms with Gasteiger partial charge in [0.25, 0.3) is 0 Å². The number of rotatable bonds is 3. The van der Waals surface area contributed by atoms with Gasteiger partial charge in [0.15, 0.2) is 5.82 Å². The molecule has 134 valence electrons. The van der Waals surface area contributed by atoms with Crippen molar-refractivity contribution in [1.82, 2.24) is 19.5 Å². The van der Waals surface area contributed by atoms with Gasteiger partial charge in [-0.3, -0.25) is 0 Å². The summed E-state index contributed by atoms with van der Waals surface area (Å²) in [6.45, 7) is 4.14. The van der Waals surface area contributed by atoms with Crippen LogP contribution in [0.2, 0.25) is 0 Å². The molecular weight excluding hydrogens is 329 g/mol. The van der Waals surface area contributed by atoms with Gasteiger partial charge < -0.3 is 9.47 Å². The molecule has 0 N–H and O–H groups in total. The number of imidazole rings is 1. The van der Waals surface area contributed by atoms with Crippen LogP contribution in [0, 0.1) is 11.7 Å². The van der Waals surface area contributed by atoms with Gasteiger partial charge in [0.1, 0.15) is 11.5 Å². The molecule has 1 fully saturated rings. The zero-order valence-electron chi connectivity index (χ0n) is 15.1. The van der Waals surface area contributed by atoms with Crippen molar-refractivity contribution >= 4 is 5.95 Å². The van der Waals surface area contributed by atoms with E-state index in [2.05, 4.69) is 21.8 Å². The zero-order chi connectivity index (χ0) is 18.1. The van der Waals surface area contributed by atoms with E-state index in [4.69, 9.17) is 4.98 Å². The summed E-state index contributed by atoms with van der Waals surface area (Å²) in [5.74, 6) is 1.73. The molecule has 0 unspecified atom stereocenters. The number of aromatic nitrogens is 4. The van der Waals surface area contributed by atoms with E-state index < -0.39 is 0 Å². The molecule has 0 amide bonds. The number of nitrogens with zero attached hydrogens (tertiary/aromatic N) is 5. The monoisotopic (exact) mass is 351 g/mol. The number of aryl methyl sites for hydroxylation is 1. The number of hydrogen-bond acceptors (Lipinski definition) is 4. The fourth-order valence-corrected chi connectivity index (χ4v) is 3.54. The highest BCUT2D eigenvalue weighted by Crippen LogP contribution is 2.32. The van der Waals surface area contributed by atoms with Gasteiger partial charge >= 0.3 is 0 Å². The molecule has 2 aromatic heterocycles. The molecule has 1 aromatic carbocycles. The molecule has 1 aliphatic heterocycles. The first kappa shape index (κ1) is 16.7. The molecule has 6 heteroatoms. The zero-order valence-corrected chi connectivity index (χ0v) is 15.1. The maximum atomic E-state index is 14.4. The van der Waals surface area contributed by atoms with Gasteiger partial charge in [0.05, 0.1) is 0 Å². The molecule has 0 aliphatic carbocycles. The molecular formula is C20H22FN5. The SMILES string of the molecule is C[C@H]1CCCN(c2ncc(-c3ccccc3F)c(-c3nccn3C)n2)C1. The standard InChI is InChI=1S/C20H22FN5/c1-14-6-5-10-26(13-14)20-23-12-16(15-7-3-4-8-17(15)21)18(24-20)19-22-9-11-25(19)2/h3-4,7-9,11-12,14H,5-6,10,13H2,1-2H3/t14-/m0/s1. The molecule has 4 rings (SSSR count). The third-order valence-electron chi connectivity index (χ3n) is 4.91. The fourth-order valence-electron chi connectivity index (χ4n) is 3.54. The summed E-state index contributed by atoms with van der Waals surface area (Å²) in [6.07, 6.45) is 7.69. The van der Waals surface area contributed by atoms with E-state index in [0.717, 1.165) is 19.5 Å². The lowest BCUT2D eigenvalue weighted by molar-refractivity contribution is 0.442. The van der Waals surface area contributed by atoms with Gasteiger partial charge in [-0.15, -0.1) is 0 Å². The lowest BCUT2D eigenvalue weighted by Crippen LogP contribution is -2.35. The minimum absolute atomic E-state index is 0.286. The lowest BCUT2D eigenvalue weighted by Gasteiger charge is -2.31. The number of hydrogen-bond donors (Lipinski definition) is 0. The quantitative estimate of drug-likeness (QED) is 0.717. The third kappa shape index (κ3) is 3.07. The predicted octanol–water partition coefficient (Wildman–Crippen LogP) is 3.92. The molecule has 3 heterocycles. The van der Waals surface area contributed by atoms with E-state index in [-0.39, 0.29) is 5.82 Å². The van der Waals surface area contributed by atoms with Crippen molar-refractivity contribution in [3.8, 4) is 22.6 Å². The van der Waals surface area contributed by atoms with Gasteiger partial charge in [-0.1, -0.05) is 25.1 Å². The molecule has 0 bridgehead atoms. The van der Waals surface area contributed by atoms with E-state index >= 15 is 0 Å². The minimum Gasteiger partial charge on any atom is -0.341 e. The van der Waals surface area contributed by atoms with Crippen LogP contribution in [-0.2, 0) is 7.05 Å². The molecule has 1 aliphatic rings. The number of piperidine rings is 1. The van der Waals surface area contributed by atoms with Crippen molar-refractivity contribution < 1.29 is 4.39 Å². The van der Waals surface area contributed by atoms with E-state index in [1.807, 2.05) is 23.9 Å². The summed E-state index contributed by atoms with van der Waals surface area (Å²) in [5.41, 5.74) is 1.81. The number of benzene rings is 1. The highest BCUT2D eigenvalue weighted by atomic mass is 19.1. The highest BCUT2D eigenvalue weighted by molar-refractivity contribution is 5.78. The second-order valence-corrected chi connectivity index (χ2v) is 6.97. The Labute approximate surface area is 152 Å². The Bertz CT molecular complexity index is 920. The molecule has 5 nitrogen and oxygen atoms in total. The summed E-state index contributed by atoms with van der Waals surface area (Å²) in [5, 5.41) is 0.